The van der Waals surface area contributed by atoms with Gasteiger partial charge in [0.2, 0.25) is 10.1 Å². The van der Waals surface area contributed by atoms with Crippen LogP contribution < -0.4 is 10.2 Å². The number of aryl methyl sites for hydroxylation is 2. The zero-order valence-corrected chi connectivity index (χ0v) is 12.3. The molecule has 104 valence electrons. The molecule has 1 aromatic carbocycles. The van der Waals surface area contributed by atoms with E-state index in [0.717, 1.165) is 25.1 Å². The van der Waals surface area contributed by atoms with Crippen molar-refractivity contribution in [3.8, 4) is 0 Å². The molecule has 1 amide bonds. The molecular formula is C14H16N4OS. The van der Waals surface area contributed by atoms with Crippen LogP contribution in [-0.2, 0) is 6.42 Å². The molecule has 2 heterocycles. The third kappa shape index (κ3) is 2.27. The minimum absolute atomic E-state index is 0.0613. The molecule has 0 saturated carbocycles. The molecule has 1 N–H and O–H groups in total. The van der Waals surface area contributed by atoms with Crippen LogP contribution in [0.1, 0.15) is 27.3 Å². The number of rotatable bonds is 2. The molecule has 1 aliphatic heterocycles. The van der Waals surface area contributed by atoms with Gasteiger partial charge in [-0.25, -0.2) is 0 Å². The Bertz CT molecular complexity index is 652. The standard InChI is InChI=1S/C14H16N4OS/c1-9-5-6-11-10(8-9)4-3-7-18(11)13(19)12-16-17-14(15-2)20-12/h5-6,8H,3-4,7H2,1-2H3,(H,15,17). The van der Waals surface area contributed by atoms with Crippen LogP contribution in [0.4, 0.5) is 10.8 Å². The Labute approximate surface area is 121 Å². The van der Waals surface area contributed by atoms with Crippen molar-refractivity contribution in [2.45, 2.75) is 19.8 Å². The minimum atomic E-state index is -0.0613. The average molecular weight is 288 g/mol. The van der Waals surface area contributed by atoms with E-state index in [0.29, 0.717) is 10.1 Å². The van der Waals surface area contributed by atoms with Crippen molar-refractivity contribution < 1.29 is 4.79 Å². The zero-order chi connectivity index (χ0) is 14.1. The predicted octanol–water partition coefficient (Wildman–Crippen LogP) is 2.48. The second-order valence-corrected chi connectivity index (χ2v) is 5.83. The van der Waals surface area contributed by atoms with E-state index in [-0.39, 0.29) is 5.91 Å². The predicted molar refractivity (Wildman–Crippen MR) is 80.6 cm³/mol. The van der Waals surface area contributed by atoms with E-state index in [2.05, 4.69) is 28.5 Å². The van der Waals surface area contributed by atoms with Gasteiger partial charge < -0.3 is 10.2 Å². The van der Waals surface area contributed by atoms with Gasteiger partial charge in [-0.2, -0.15) is 0 Å². The van der Waals surface area contributed by atoms with Gasteiger partial charge in [-0.05, 0) is 31.4 Å². The summed E-state index contributed by atoms with van der Waals surface area (Å²) in [6.45, 7) is 2.81. The summed E-state index contributed by atoms with van der Waals surface area (Å²) in [5.41, 5.74) is 3.47. The summed E-state index contributed by atoms with van der Waals surface area (Å²) in [5, 5.41) is 11.9. The lowest BCUT2D eigenvalue weighted by Gasteiger charge is -2.28. The van der Waals surface area contributed by atoms with Gasteiger partial charge in [0.1, 0.15) is 0 Å². The molecule has 0 unspecified atom stereocenters. The number of carbonyl (C=O) groups is 1. The topological polar surface area (TPSA) is 58.1 Å². The number of hydrogen-bond acceptors (Lipinski definition) is 5. The normalized spacial score (nSPS) is 14.0. The molecule has 0 fully saturated rings. The van der Waals surface area contributed by atoms with E-state index in [1.54, 1.807) is 7.05 Å². The van der Waals surface area contributed by atoms with Gasteiger partial charge in [-0.3, -0.25) is 4.79 Å². The molecule has 5 nitrogen and oxygen atoms in total. The molecule has 0 bridgehead atoms. The fourth-order valence-corrected chi connectivity index (χ4v) is 3.11. The molecular weight excluding hydrogens is 272 g/mol. The molecule has 0 radical (unpaired) electrons. The van der Waals surface area contributed by atoms with Gasteiger partial charge in [0.25, 0.3) is 5.91 Å². The van der Waals surface area contributed by atoms with Crippen LogP contribution in [-0.4, -0.2) is 29.7 Å². The van der Waals surface area contributed by atoms with Gasteiger partial charge in [0.15, 0.2) is 0 Å². The van der Waals surface area contributed by atoms with E-state index < -0.39 is 0 Å². The first-order valence-electron chi connectivity index (χ1n) is 6.61. The van der Waals surface area contributed by atoms with Crippen LogP contribution in [0.3, 0.4) is 0 Å². The van der Waals surface area contributed by atoms with E-state index in [4.69, 9.17) is 0 Å². The maximum Gasteiger partial charge on any atom is 0.289 e. The lowest BCUT2D eigenvalue weighted by atomic mass is 9.99. The summed E-state index contributed by atoms with van der Waals surface area (Å²) in [7, 11) is 1.77. The van der Waals surface area contributed by atoms with Gasteiger partial charge in [-0.1, -0.05) is 29.0 Å². The van der Waals surface area contributed by atoms with Crippen LogP contribution in [0.25, 0.3) is 0 Å². The SMILES string of the molecule is CNc1nnc(C(=O)N2CCCc3cc(C)ccc32)s1. The Kier molecular flexibility index (Phi) is 3.40. The summed E-state index contributed by atoms with van der Waals surface area (Å²) in [6.07, 6.45) is 2.01. The Balaban J connectivity index is 1.93. The van der Waals surface area contributed by atoms with Gasteiger partial charge in [0, 0.05) is 19.3 Å². The van der Waals surface area contributed by atoms with Crippen LogP contribution in [0.2, 0.25) is 0 Å². The van der Waals surface area contributed by atoms with Crippen LogP contribution in [0, 0.1) is 6.92 Å². The molecule has 0 saturated heterocycles. The summed E-state index contributed by atoms with van der Waals surface area (Å²) >= 11 is 1.29. The average Bonchev–Trinajstić information content (AvgIpc) is 2.94. The Morgan fingerprint density at radius 3 is 3.00 bits per heavy atom. The zero-order valence-electron chi connectivity index (χ0n) is 11.5. The molecule has 20 heavy (non-hydrogen) atoms. The van der Waals surface area contributed by atoms with Crippen molar-refractivity contribution in [3.63, 3.8) is 0 Å². The first-order valence-corrected chi connectivity index (χ1v) is 7.43. The van der Waals surface area contributed by atoms with Crippen LogP contribution in [0.15, 0.2) is 18.2 Å². The third-order valence-electron chi connectivity index (χ3n) is 3.42. The minimum Gasteiger partial charge on any atom is -0.363 e. The Morgan fingerprint density at radius 2 is 2.25 bits per heavy atom. The fraction of sp³-hybridized carbons (Fsp3) is 0.357. The maximum atomic E-state index is 12.6. The second kappa shape index (κ2) is 5.20. The van der Waals surface area contributed by atoms with Crippen molar-refractivity contribution in [1.29, 1.82) is 0 Å². The first kappa shape index (κ1) is 13.1. The van der Waals surface area contributed by atoms with E-state index >= 15 is 0 Å². The molecule has 0 aliphatic carbocycles. The number of nitrogens with one attached hydrogen (secondary N) is 1. The summed E-state index contributed by atoms with van der Waals surface area (Å²) < 4.78 is 0. The number of amides is 1. The van der Waals surface area contributed by atoms with Gasteiger partial charge in [0.05, 0.1) is 0 Å². The summed E-state index contributed by atoms with van der Waals surface area (Å²) in [4.78, 5) is 14.4. The lowest BCUT2D eigenvalue weighted by Crippen LogP contribution is -2.35. The van der Waals surface area contributed by atoms with Crippen molar-refractivity contribution in [1.82, 2.24) is 10.2 Å². The van der Waals surface area contributed by atoms with Gasteiger partial charge >= 0.3 is 0 Å². The number of fused-ring (bicyclic) bond motifs is 1. The molecule has 0 atom stereocenters. The van der Waals surface area contributed by atoms with Crippen molar-refractivity contribution in [2.24, 2.45) is 0 Å². The molecule has 1 aromatic heterocycles. The molecule has 2 aromatic rings. The van der Waals surface area contributed by atoms with Crippen LogP contribution in [0.5, 0.6) is 0 Å². The van der Waals surface area contributed by atoms with Crippen molar-refractivity contribution in [3.05, 3.63) is 34.3 Å². The number of carbonyl (C=O) groups excluding carboxylic acids is 1. The fourth-order valence-electron chi connectivity index (χ4n) is 2.46. The van der Waals surface area contributed by atoms with Crippen molar-refractivity contribution in [2.75, 3.05) is 23.8 Å². The largest absolute Gasteiger partial charge is 0.363 e. The maximum absolute atomic E-state index is 12.6. The molecule has 6 heteroatoms. The van der Waals surface area contributed by atoms with Crippen LogP contribution >= 0.6 is 11.3 Å². The van der Waals surface area contributed by atoms with Crippen molar-refractivity contribution >= 4 is 28.1 Å². The lowest BCUT2D eigenvalue weighted by molar-refractivity contribution is 0.0984. The monoisotopic (exact) mass is 288 g/mol. The molecule has 1 aliphatic rings. The molecule has 0 spiro atoms. The Hall–Kier alpha value is -1.95. The number of nitrogens with zero attached hydrogens (tertiary/aromatic N) is 3. The second-order valence-electron chi connectivity index (χ2n) is 4.85. The van der Waals surface area contributed by atoms with E-state index in [1.807, 2.05) is 17.0 Å². The first-order chi connectivity index (χ1) is 9.69. The molecule has 3 rings (SSSR count). The highest BCUT2D eigenvalue weighted by molar-refractivity contribution is 7.17. The highest BCUT2D eigenvalue weighted by Gasteiger charge is 2.26. The highest BCUT2D eigenvalue weighted by Crippen LogP contribution is 2.30. The number of anilines is 2. The van der Waals surface area contributed by atoms with E-state index in [1.165, 1.54) is 22.5 Å². The van der Waals surface area contributed by atoms with E-state index in [9.17, 15) is 4.79 Å². The smallest absolute Gasteiger partial charge is 0.289 e. The Morgan fingerprint density at radius 1 is 1.40 bits per heavy atom. The number of hydrogen-bond donors (Lipinski definition) is 1. The van der Waals surface area contributed by atoms with Gasteiger partial charge in [-0.15, -0.1) is 10.2 Å². The number of benzene rings is 1. The number of aromatic nitrogens is 2. The third-order valence-corrected chi connectivity index (χ3v) is 4.35. The summed E-state index contributed by atoms with van der Waals surface area (Å²) in [5.74, 6) is -0.0613. The summed E-state index contributed by atoms with van der Waals surface area (Å²) in [6, 6.07) is 6.24. The highest BCUT2D eigenvalue weighted by atomic mass is 32.1. The quantitative estimate of drug-likeness (QED) is 0.922.